The lowest BCUT2D eigenvalue weighted by Gasteiger charge is -2.20. The highest BCUT2D eigenvalue weighted by molar-refractivity contribution is 5.89. The largest absolute Gasteiger partial charge is 0.481 e. The Kier molecular flexibility index (Phi) is 4.73. The van der Waals surface area contributed by atoms with Gasteiger partial charge in [0.2, 0.25) is 5.91 Å². The van der Waals surface area contributed by atoms with Crippen LogP contribution in [0.4, 0.5) is 0 Å². The molecule has 0 aromatic carbocycles. The van der Waals surface area contributed by atoms with E-state index in [9.17, 15) is 9.59 Å². The maximum atomic E-state index is 11.9. The van der Waals surface area contributed by atoms with Crippen molar-refractivity contribution in [3.63, 3.8) is 0 Å². The Morgan fingerprint density at radius 2 is 2.06 bits per heavy atom. The number of carboxylic acids is 1. The van der Waals surface area contributed by atoms with Crippen LogP contribution in [0, 0.1) is 11.8 Å². The zero-order valence-electron chi connectivity index (χ0n) is 9.81. The van der Waals surface area contributed by atoms with Gasteiger partial charge in [0.05, 0.1) is 18.4 Å². The maximum Gasteiger partial charge on any atom is 0.307 e. The van der Waals surface area contributed by atoms with E-state index in [1.165, 1.54) is 0 Å². The number of carbonyl (C=O) groups is 2. The third-order valence-corrected chi connectivity index (χ3v) is 2.83. The van der Waals surface area contributed by atoms with Gasteiger partial charge in [-0.05, 0) is 20.3 Å². The molecule has 1 N–H and O–H groups in total. The number of ether oxygens (including phenoxy) is 1. The van der Waals surface area contributed by atoms with E-state index < -0.39 is 11.9 Å². The lowest BCUT2D eigenvalue weighted by atomic mass is 10.2. The van der Waals surface area contributed by atoms with Crippen LogP contribution in [0.15, 0.2) is 0 Å². The van der Waals surface area contributed by atoms with Gasteiger partial charge in [0, 0.05) is 19.7 Å². The Labute approximate surface area is 95.4 Å². The van der Waals surface area contributed by atoms with Crippen molar-refractivity contribution in [2.24, 2.45) is 11.8 Å². The van der Waals surface area contributed by atoms with E-state index >= 15 is 0 Å². The van der Waals surface area contributed by atoms with Crippen LogP contribution in [0.25, 0.3) is 0 Å². The SMILES string of the molecule is CCOCCN(CC)C(=O)C1CC1C(=O)O. The van der Waals surface area contributed by atoms with Gasteiger partial charge in [0.1, 0.15) is 0 Å². The molecule has 16 heavy (non-hydrogen) atoms. The summed E-state index contributed by atoms with van der Waals surface area (Å²) in [7, 11) is 0. The van der Waals surface area contributed by atoms with Crippen LogP contribution in [0.5, 0.6) is 0 Å². The highest BCUT2D eigenvalue weighted by atomic mass is 16.5. The standard InChI is InChI=1S/C11H19NO4/c1-3-12(5-6-16-4-2)10(13)8-7-9(8)11(14)15/h8-9H,3-7H2,1-2H3,(H,14,15). The summed E-state index contributed by atoms with van der Waals surface area (Å²) in [6, 6.07) is 0. The smallest absolute Gasteiger partial charge is 0.307 e. The first-order valence-corrected chi connectivity index (χ1v) is 5.71. The van der Waals surface area contributed by atoms with Crippen molar-refractivity contribution in [1.82, 2.24) is 4.90 Å². The molecule has 1 saturated carbocycles. The van der Waals surface area contributed by atoms with Crippen molar-refractivity contribution < 1.29 is 19.4 Å². The highest BCUT2D eigenvalue weighted by Gasteiger charge is 2.49. The van der Waals surface area contributed by atoms with Crippen LogP contribution in [0.1, 0.15) is 20.3 Å². The van der Waals surface area contributed by atoms with Crippen LogP contribution in [-0.2, 0) is 14.3 Å². The molecule has 92 valence electrons. The second kappa shape index (κ2) is 5.84. The minimum absolute atomic E-state index is 0.0467. The molecule has 1 aliphatic rings. The minimum atomic E-state index is -0.862. The van der Waals surface area contributed by atoms with Crippen LogP contribution >= 0.6 is 0 Å². The molecular formula is C11H19NO4. The van der Waals surface area contributed by atoms with Crippen molar-refractivity contribution in [2.45, 2.75) is 20.3 Å². The molecular weight excluding hydrogens is 210 g/mol. The van der Waals surface area contributed by atoms with E-state index in [0.29, 0.717) is 32.7 Å². The summed E-state index contributed by atoms with van der Waals surface area (Å²) in [6.45, 7) is 6.09. The van der Waals surface area contributed by atoms with E-state index in [1.807, 2.05) is 13.8 Å². The Balaban J connectivity index is 2.36. The summed E-state index contributed by atoms with van der Waals surface area (Å²) >= 11 is 0. The van der Waals surface area contributed by atoms with Gasteiger partial charge >= 0.3 is 5.97 Å². The number of carboxylic acid groups (broad SMARTS) is 1. The third-order valence-electron chi connectivity index (χ3n) is 2.83. The van der Waals surface area contributed by atoms with Gasteiger partial charge in [0.15, 0.2) is 0 Å². The molecule has 0 heterocycles. The summed E-state index contributed by atoms with van der Waals surface area (Å²) in [5.41, 5.74) is 0. The number of rotatable bonds is 7. The zero-order chi connectivity index (χ0) is 12.1. The molecule has 1 aliphatic carbocycles. The van der Waals surface area contributed by atoms with Crippen molar-refractivity contribution in [1.29, 1.82) is 0 Å². The molecule has 5 heteroatoms. The summed E-state index contributed by atoms with van der Waals surface area (Å²) in [5, 5.41) is 8.75. The summed E-state index contributed by atoms with van der Waals surface area (Å²) in [6.07, 6.45) is 0.485. The first kappa shape index (κ1) is 13.0. The average Bonchev–Trinajstić information content (AvgIpc) is 3.03. The number of carbonyl (C=O) groups excluding carboxylic acids is 1. The van der Waals surface area contributed by atoms with Gasteiger partial charge < -0.3 is 14.7 Å². The van der Waals surface area contributed by atoms with Crippen molar-refractivity contribution >= 4 is 11.9 Å². The fourth-order valence-corrected chi connectivity index (χ4v) is 1.72. The van der Waals surface area contributed by atoms with E-state index in [4.69, 9.17) is 9.84 Å². The van der Waals surface area contributed by atoms with Crippen LogP contribution in [0.3, 0.4) is 0 Å². The van der Waals surface area contributed by atoms with Crippen molar-refractivity contribution in [3.05, 3.63) is 0 Å². The molecule has 0 bridgehead atoms. The lowest BCUT2D eigenvalue weighted by Crippen LogP contribution is -2.35. The molecule has 2 unspecified atom stereocenters. The van der Waals surface area contributed by atoms with E-state index in [-0.39, 0.29) is 11.8 Å². The Bertz CT molecular complexity index is 267. The normalized spacial score (nSPS) is 22.9. The number of likely N-dealkylation sites (N-methyl/N-ethyl adjacent to an activating group) is 1. The number of hydrogen-bond acceptors (Lipinski definition) is 3. The molecule has 0 radical (unpaired) electrons. The number of amides is 1. The second-order valence-corrected chi connectivity index (χ2v) is 3.90. The maximum absolute atomic E-state index is 11.9. The first-order chi connectivity index (χ1) is 7.61. The fraction of sp³-hybridized carbons (Fsp3) is 0.818. The molecule has 0 saturated heterocycles. The van der Waals surface area contributed by atoms with E-state index in [2.05, 4.69) is 0 Å². The summed E-state index contributed by atoms with van der Waals surface area (Å²) in [5.74, 6) is -1.68. The van der Waals surface area contributed by atoms with Gasteiger partial charge in [-0.25, -0.2) is 0 Å². The number of nitrogens with zero attached hydrogens (tertiary/aromatic N) is 1. The summed E-state index contributed by atoms with van der Waals surface area (Å²) < 4.78 is 5.18. The molecule has 0 aromatic rings. The molecule has 1 fully saturated rings. The first-order valence-electron chi connectivity index (χ1n) is 5.71. The monoisotopic (exact) mass is 229 g/mol. The molecule has 2 atom stereocenters. The molecule has 0 aliphatic heterocycles. The van der Waals surface area contributed by atoms with Gasteiger partial charge in [-0.15, -0.1) is 0 Å². The zero-order valence-corrected chi connectivity index (χ0v) is 9.81. The molecule has 1 amide bonds. The van der Waals surface area contributed by atoms with Crippen molar-refractivity contribution in [3.8, 4) is 0 Å². The summed E-state index contributed by atoms with van der Waals surface area (Å²) in [4.78, 5) is 24.2. The lowest BCUT2D eigenvalue weighted by molar-refractivity contribution is -0.142. The van der Waals surface area contributed by atoms with Crippen molar-refractivity contribution in [2.75, 3.05) is 26.3 Å². The number of aliphatic carboxylic acids is 1. The predicted octanol–water partition coefficient (Wildman–Crippen LogP) is 0.592. The van der Waals surface area contributed by atoms with E-state index in [0.717, 1.165) is 0 Å². The van der Waals surface area contributed by atoms with Crippen LogP contribution < -0.4 is 0 Å². The quantitative estimate of drug-likeness (QED) is 0.649. The molecule has 0 aromatic heterocycles. The molecule has 1 rings (SSSR count). The highest BCUT2D eigenvalue weighted by Crippen LogP contribution is 2.39. The second-order valence-electron chi connectivity index (χ2n) is 3.90. The predicted molar refractivity (Wildman–Crippen MR) is 58.0 cm³/mol. The molecule has 0 spiro atoms. The third kappa shape index (κ3) is 3.20. The van der Waals surface area contributed by atoms with Gasteiger partial charge in [-0.3, -0.25) is 9.59 Å². The Morgan fingerprint density at radius 1 is 1.38 bits per heavy atom. The van der Waals surface area contributed by atoms with Crippen LogP contribution in [-0.4, -0.2) is 48.2 Å². The molecule has 5 nitrogen and oxygen atoms in total. The Morgan fingerprint density at radius 3 is 2.50 bits per heavy atom. The van der Waals surface area contributed by atoms with Crippen LogP contribution in [0.2, 0.25) is 0 Å². The van der Waals surface area contributed by atoms with Gasteiger partial charge in [0.25, 0.3) is 0 Å². The average molecular weight is 229 g/mol. The van der Waals surface area contributed by atoms with E-state index in [1.54, 1.807) is 4.90 Å². The minimum Gasteiger partial charge on any atom is -0.481 e. The van der Waals surface area contributed by atoms with Gasteiger partial charge in [-0.1, -0.05) is 0 Å². The number of hydrogen-bond donors (Lipinski definition) is 1. The Hall–Kier alpha value is -1.10. The fourth-order valence-electron chi connectivity index (χ4n) is 1.72. The topological polar surface area (TPSA) is 66.8 Å². The van der Waals surface area contributed by atoms with Gasteiger partial charge in [-0.2, -0.15) is 0 Å².